The van der Waals surface area contributed by atoms with Crippen molar-refractivity contribution in [1.82, 2.24) is 4.98 Å². The molecule has 0 aliphatic carbocycles. The highest BCUT2D eigenvalue weighted by Crippen LogP contribution is 2.34. The van der Waals surface area contributed by atoms with E-state index in [1.54, 1.807) is 6.20 Å². The van der Waals surface area contributed by atoms with Crippen molar-refractivity contribution in [2.24, 2.45) is 0 Å². The van der Waals surface area contributed by atoms with Crippen molar-refractivity contribution >= 4 is 15.9 Å². The predicted molar refractivity (Wildman–Crippen MR) is 74.6 cm³/mol. The third kappa shape index (κ3) is 3.09. The second-order valence-electron chi connectivity index (χ2n) is 5.19. The quantitative estimate of drug-likeness (QED) is 0.800. The minimum absolute atomic E-state index is 0.105. The Labute approximate surface area is 121 Å². The van der Waals surface area contributed by atoms with Crippen molar-refractivity contribution in [3.05, 3.63) is 24.0 Å². The molecule has 2 atom stereocenters. The van der Waals surface area contributed by atoms with Crippen LogP contribution in [0.3, 0.4) is 0 Å². The highest BCUT2D eigenvalue weighted by Gasteiger charge is 2.41. The molecule has 0 amide bonds. The fourth-order valence-electron chi connectivity index (χ4n) is 2.70. The van der Waals surface area contributed by atoms with Crippen molar-refractivity contribution < 1.29 is 14.2 Å². The van der Waals surface area contributed by atoms with Crippen LogP contribution >= 0.6 is 15.9 Å². The minimum Gasteiger partial charge on any atom is -0.489 e. The summed E-state index contributed by atoms with van der Waals surface area (Å²) in [5.74, 6) is 0.839. The molecule has 0 saturated carbocycles. The van der Waals surface area contributed by atoms with Crippen LogP contribution in [0.4, 0.5) is 0 Å². The molecule has 2 saturated heterocycles. The molecule has 4 nitrogen and oxygen atoms in total. The number of aromatic nitrogens is 1. The number of nitrogens with zero attached hydrogens (tertiary/aromatic N) is 1. The van der Waals surface area contributed by atoms with E-state index in [2.05, 4.69) is 20.9 Å². The molecule has 2 unspecified atom stereocenters. The summed E-state index contributed by atoms with van der Waals surface area (Å²) in [6.45, 7) is 2.25. The molecule has 3 heterocycles. The highest BCUT2D eigenvalue weighted by molar-refractivity contribution is 9.08. The van der Waals surface area contributed by atoms with Crippen molar-refractivity contribution in [3.63, 3.8) is 0 Å². The molecule has 1 spiro atoms. The smallest absolute Gasteiger partial charge is 0.138 e. The normalized spacial score (nSPS) is 30.7. The van der Waals surface area contributed by atoms with Crippen molar-refractivity contribution in [2.75, 3.05) is 19.8 Å². The average molecular weight is 328 g/mol. The molecule has 1 aromatic rings. The van der Waals surface area contributed by atoms with Crippen LogP contribution in [0.5, 0.6) is 5.75 Å². The SMILES string of the molecule is BrCc1ccc(OC2CCOC3(CCOC3)C2)cn1. The third-order valence-corrected chi connectivity index (χ3v) is 4.33. The van der Waals surface area contributed by atoms with Gasteiger partial charge in [-0.05, 0) is 12.1 Å². The van der Waals surface area contributed by atoms with Crippen molar-refractivity contribution in [1.29, 1.82) is 0 Å². The van der Waals surface area contributed by atoms with E-state index in [0.717, 1.165) is 49.2 Å². The molecule has 5 heteroatoms. The lowest BCUT2D eigenvalue weighted by Gasteiger charge is -2.36. The summed E-state index contributed by atoms with van der Waals surface area (Å²) >= 11 is 3.39. The number of pyridine rings is 1. The molecule has 2 aliphatic heterocycles. The maximum absolute atomic E-state index is 6.03. The van der Waals surface area contributed by atoms with Gasteiger partial charge in [-0.1, -0.05) is 15.9 Å². The summed E-state index contributed by atoms with van der Waals surface area (Å²) in [6.07, 6.45) is 4.82. The van der Waals surface area contributed by atoms with Gasteiger partial charge in [0.25, 0.3) is 0 Å². The fraction of sp³-hybridized carbons (Fsp3) is 0.643. The highest BCUT2D eigenvalue weighted by atomic mass is 79.9. The van der Waals surface area contributed by atoms with E-state index in [9.17, 15) is 0 Å². The first-order valence-corrected chi connectivity index (χ1v) is 7.81. The van der Waals surface area contributed by atoms with Crippen molar-refractivity contribution in [3.8, 4) is 5.75 Å². The largest absolute Gasteiger partial charge is 0.489 e. The van der Waals surface area contributed by atoms with Crippen LogP contribution in [0.1, 0.15) is 25.0 Å². The summed E-state index contributed by atoms with van der Waals surface area (Å²) < 4.78 is 17.4. The van der Waals surface area contributed by atoms with Gasteiger partial charge in [-0.15, -0.1) is 0 Å². The molecule has 0 aromatic carbocycles. The maximum atomic E-state index is 6.03. The molecule has 0 bridgehead atoms. The lowest BCUT2D eigenvalue weighted by molar-refractivity contribution is -0.112. The summed E-state index contributed by atoms with van der Waals surface area (Å²) in [7, 11) is 0. The number of alkyl halides is 1. The molecule has 0 N–H and O–H groups in total. The second kappa shape index (κ2) is 5.77. The van der Waals surface area contributed by atoms with Gasteiger partial charge in [0.1, 0.15) is 11.9 Å². The molecular formula is C14H18BrNO3. The van der Waals surface area contributed by atoms with Gasteiger partial charge in [-0.2, -0.15) is 0 Å². The van der Waals surface area contributed by atoms with Gasteiger partial charge in [-0.3, -0.25) is 4.98 Å². The van der Waals surface area contributed by atoms with E-state index >= 15 is 0 Å². The Morgan fingerprint density at radius 1 is 1.42 bits per heavy atom. The van der Waals surface area contributed by atoms with Gasteiger partial charge in [0.2, 0.25) is 0 Å². The Morgan fingerprint density at radius 2 is 2.37 bits per heavy atom. The van der Waals surface area contributed by atoms with Crippen molar-refractivity contribution in [2.45, 2.75) is 36.3 Å². The van der Waals surface area contributed by atoms with Gasteiger partial charge in [0.05, 0.1) is 30.7 Å². The van der Waals surface area contributed by atoms with E-state index in [1.807, 2.05) is 12.1 Å². The Bertz CT molecular complexity index is 417. The molecule has 19 heavy (non-hydrogen) atoms. The lowest BCUT2D eigenvalue weighted by Crippen LogP contribution is -2.44. The van der Waals surface area contributed by atoms with Crippen LogP contribution in [-0.4, -0.2) is 36.5 Å². The molecule has 104 valence electrons. The summed E-state index contributed by atoms with van der Waals surface area (Å²) in [5.41, 5.74) is 0.909. The summed E-state index contributed by atoms with van der Waals surface area (Å²) in [6, 6.07) is 3.97. The fourth-order valence-corrected chi connectivity index (χ4v) is 3.03. The van der Waals surface area contributed by atoms with E-state index in [1.165, 1.54) is 0 Å². The minimum atomic E-state index is -0.105. The zero-order chi connectivity index (χ0) is 13.1. The van der Waals surface area contributed by atoms with Crippen LogP contribution in [0, 0.1) is 0 Å². The van der Waals surface area contributed by atoms with Gasteiger partial charge in [0.15, 0.2) is 0 Å². The van der Waals surface area contributed by atoms with E-state index < -0.39 is 0 Å². The van der Waals surface area contributed by atoms with E-state index in [0.29, 0.717) is 6.61 Å². The van der Waals surface area contributed by atoms with E-state index in [-0.39, 0.29) is 11.7 Å². The third-order valence-electron chi connectivity index (χ3n) is 3.75. The average Bonchev–Trinajstić information content (AvgIpc) is 2.88. The molecule has 2 aliphatic rings. The molecule has 0 radical (unpaired) electrons. The monoisotopic (exact) mass is 327 g/mol. The van der Waals surface area contributed by atoms with Crippen LogP contribution in [-0.2, 0) is 14.8 Å². The van der Waals surface area contributed by atoms with Gasteiger partial charge < -0.3 is 14.2 Å². The molecule has 2 fully saturated rings. The predicted octanol–water partition coefficient (Wildman–Crippen LogP) is 2.69. The van der Waals surface area contributed by atoms with Crippen LogP contribution in [0.15, 0.2) is 18.3 Å². The van der Waals surface area contributed by atoms with Gasteiger partial charge >= 0.3 is 0 Å². The number of hydrogen-bond donors (Lipinski definition) is 0. The zero-order valence-corrected chi connectivity index (χ0v) is 12.4. The molecular weight excluding hydrogens is 310 g/mol. The topological polar surface area (TPSA) is 40.6 Å². The Balaban J connectivity index is 1.62. The summed E-state index contributed by atoms with van der Waals surface area (Å²) in [4.78, 5) is 4.32. The van der Waals surface area contributed by atoms with E-state index in [4.69, 9.17) is 14.2 Å². The second-order valence-corrected chi connectivity index (χ2v) is 5.75. The van der Waals surface area contributed by atoms with Gasteiger partial charge in [-0.25, -0.2) is 0 Å². The van der Waals surface area contributed by atoms with Crippen LogP contribution in [0.2, 0.25) is 0 Å². The Morgan fingerprint density at radius 3 is 3.05 bits per heavy atom. The Kier molecular flexibility index (Phi) is 4.05. The molecule has 1 aromatic heterocycles. The number of hydrogen-bond acceptors (Lipinski definition) is 4. The first-order chi connectivity index (χ1) is 9.30. The number of halogens is 1. The standard InChI is InChI=1S/C14H18BrNO3/c15-8-11-1-2-13(9-16-11)19-12-3-5-18-14(7-12)4-6-17-10-14/h1-2,9,12H,3-8,10H2. The lowest BCUT2D eigenvalue weighted by atomic mass is 9.91. The number of rotatable bonds is 3. The summed E-state index contributed by atoms with van der Waals surface area (Å²) in [5, 5.41) is 0.769. The van der Waals surface area contributed by atoms with Crippen LogP contribution < -0.4 is 4.74 Å². The first-order valence-electron chi connectivity index (χ1n) is 6.69. The maximum Gasteiger partial charge on any atom is 0.138 e. The number of ether oxygens (including phenoxy) is 3. The van der Waals surface area contributed by atoms with Crippen LogP contribution in [0.25, 0.3) is 0 Å². The molecule has 3 rings (SSSR count). The van der Waals surface area contributed by atoms with Gasteiger partial charge in [0, 0.05) is 31.2 Å². The zero-order valence-electron chi connectivity index (χ0n) is 10.8. The first kappa shape index (κ1) is 13.3. The Hall–Kier alpha value is -0.650.